The molecule has 1 N–H and O–H groups in total. The SMILES string of the molecule is CC(CN(C)C(=O)c1ccc(C(C)C)c(Cl)c1)C(=O)O. The standard InChI is InChI=1S/C15H20ClNO3/c1-9(2)12-6-5-11(7-13(12)16)14(18)17(4)8-10(3)15(19)20/h5-7,9-10H,8H2,1-4H3,(H,19,20). The number of hydrogen-bond acceptors (Lipinski definition) is 2. The molecule has 0 fully saturated rings. The van der Waals surface area contributed by atoms with E-state index in [0.717, 1.165) is 5.56 Å². The smallest absolute Gasteiger partial charge is 0.308 e. The summed E-state index contributed by atoms with van der Waals surface area (Å²) in [6, 6.07) is 5.21. The Balaban J connectivity index is 2.87. The molecule has 1 aromatic rings. The van der Waals surface area contributed by atoms with Gasteiger partial charge in [-0.3, -0.25) is 9.59 Å². The molecule has 0 aliphatic heterocycles. The lowest BCUT2D eigenvalue weighted by atomic mass is 10.0. The lowest BCUT2D eigenvalue weighted by molar-refractivity contribution is -0.141. The third kappa shape index (κ3) is 3.97. The average Bonchev–Trinajstić information content (AvgIpc) is 2.36. The van der Waals surface area contributed by atoms with Gasteiger partial charge >= 0.3 is 5.97 Å². The van der Waals surface area contributed by atoms with Gasteiger partial charge in [0.1, 0.15) is 0 Å². The molecule has 1 atom stereocenters. The van der Waals surface area contributed by atoms with Crippen molar-refractivity contribution in [3.8, 4) is 0 Å². The Hall–Kier alpha value is -1.55. The zero-order valence-corrected chi connectivity index (χ0v) is 12.9. The van der Waals surface area contributed by atoms with Crippen molar-refractivity contribution in [2.45, 2.75) is 26.7 Å². The van der Waals surface area contributed by atoms with Crippen LogP contribution in [0.1, 0.15) is 42.6 Å². The molecule has 0 radical (unpaired) electrons. The van der Waals surface area contributed by atoms with Gasteiger partial charge in [0.05, 0.1) is 5.92 Å². The molecule has 0 aliphatic rings. The zero-order chi connectivity index (χ0) is 15.4. The highest BCUT2D eigenvalue weighted by Gasteiger charge is 2.19. The van der Waals surface area contributed by atoms with E-state index in [-0.39, 0.29) is 18.4 Å². The van der Waals surface area contributed by atoms with E-state index in [1.807, 2.05) is 19.9 Å². The number of nitrogens with zero attached hydrogens (tertiary/aromatic N) is 1. The Morgan fingerprint density at radius 1 is 1.30 bits per heavy atom. The maximum atomic E-state index is 12.2. The van der Waals surface area contributed by atoms with Crippen molar-refractivity contribution in [2.24, 2.45) is 5.92 Å². The van der Waals surface area contributed by atoms with Gasteiger partial charge in [0.2, 0.25) is 0 Å². The minimum Gasteiger partial charge on any atom is -0.481 e. The molecule has 1 rings (SSSR count). The van der Waals surface area contributed by atoms with E-state index < -0.39 is 11.9 Å². The number of carboxylic acids is 1. The summed E-state index contributed by atoms with van der Waals surface area (Å²) in [4.78, 5) is 24.4. The summed E-state index contributed by atoms with van der Waals surface area (Å²) in [6.45, 7) is 5.80. The first-order valence-electron chi connectivity index (χ1n) is 6.51. The van der Waals surface area contributed by atoms with Gasteiger partial charge in [-0.05, 0) is 23.6 Å². The second kappa shape index (κ2) is 6.75. The number of carboxylic acid groups (broad SMARTS) is 1. The number of benzene rings is 1. The van der Waals surface area contributed by atoms with E-state index >= 15 is 0 Å². The van der Waals surface area contributed by atoms with Crippen molar-refractivity contribution in [3.63, 3.8) is 0 Å². The van der Waals surface area contributed by atoms with E-state index in [1.54, 1.807) is 26.1 Å². The fourth-order valence-corrected chi connectivity index (χ4v) is 2.32. The van der Waals surface area contributed by atoms with Crippen LogP contribution in [0.2, 0.25) is 5.02 Å². The number of carbonyl (C=O) groups is 2. The minimum atomic E-state index is -0.919. The van der Waals surface area contributed by atoms with Gasteiger partial charge in [0.25, 0.3) is 5.91 Å². The summed E-state index contributed by atoms with van der Waals surface area (Å²) in [7, 11) is 1.59. The highest BCUT2D eigenvalue weighted by molar-refractivity contribution is 6.31. The summed E-state index contributed by atoms with van der Waals surface area (Å²) in [5, 5.41) is 9.43. The van der Waals surface area contributed by atoms with Crippen molar-refractivity contribution in [2.75, 3.05) is 13.6 Å². The van der Waals surface area contributed by atoms with Gasteiger partial charge in [-0.25, -0.2) is 0 Å². The molecule has 0 saturated heterocycles. The van der Waals surface area contributed by atoms with Crippen LogP contribution in [0.15, 0.2) is 18.2 Å². The molecular formula is C15H20ClNO3. The van der Waals surface area contributed by atoms with Gasteiger partial charge in [-0.15, -0.1) is 0 Å². The minimum absolute atomic E-state index is 0.164. The van der Waals surface area contributed by atoms with Crippen molar-refractivity contribution in [3.05, 3.63) is 34.3 Å². The van der Waals surface area contributed by atoms with Gasteiger partial charge in [0, 0.05) is 24.2 Å². The van der Waals surface area contributed by atoms with Gasteiger partial charge in [-0.2, -0.15) is 0 Å². The Labute approximate surface area is 124 Å². The number of halogens is 1. The topological polar surface area (TPSA) is 57.6 Å². The maximum absolute atomic E-state index is 12.2. The van der Waals surface area contributed by atoms with Crippen molar-refractivity contribution < 1.29 is 14.7 Å². The lowest BCUT2D eigenvalue weighted by Crippen LogP contribution is -2.33. The molecule has 0 spiro atoms. The fraction of sp³-hybridized carbons (Fsp3) is 0.467. The highest BCUT2D eigenvalue weighted by atomic mass is 35.5. The lowest BCUT2D eigenvalue weighted by Gasteiger charge is -2.20. The Kier molecular flexibility index (Phi) is 5.57. The van der Waals surface area contributed by atoms with Crippen LogP contribution in [-0.2, 0) is 4.79 Å². The van der Waals surface area contributed by atoms with Gasteiger partial charge in [-0.1, -0.05) is 38.4 Å². The van der Waals surface area contributed by atoms with Crippen LogP contribution in [-0.4, -0.2) is 35.5 Å². The summed E-state index contributed by atoms with van der Waals surface area (Å²) in [6.07, 6.45) is 0. The van der Waals surface area contributed by atoms with E-state index in [9.17, 15) is 9.59 Å². The summed E-state index contributed by atoms with van der Waals surface area (Å²) < 4.78 is 0. The number of aliphatic carboxylic acids is 1. The van der Waals surface area contributed by atoms with Crippen LogP contribution in [0.5, 0.6) is 0 Å². The first-order chi connectivity index (χ1) is 9.23. The maximum Gasteiger partial charge on any atom is 0.308 e. The molecule has 0 aliphatic carbocycles. The van der Waals surface area contributed by atoms with Crippen molar-refractivity contribution >= 4 is 23.5 Å². The van der Waals surface area contributed by atoms with E-state index in [4.69, 9.17) is 16.7 Å². The van der Waals surface area contributed by atoms with Gasteiger partial charge in [0.15, 0.2) is 0 Å². The number of carbonyl (C=O) groups excluding carboxylic acids is 1. The molecule has 110 valence electrons. The summed E-state index contributed by atoms with van der Waals surface area (Å²) in [5.41, 5.74) is 1.46. The average molecular weight is 298 g/mol. The largest absolute Gasteiger partial charge is 0.481 e. The highest BCUT2D eigenvalue weighted by Crippen LogP contribution is 2.25. The Bertz CT molecular complexity index is 514. The summed E-state index contributed by atoms with van der Waals surface area (Å²) >= 11 is 6.16. The fourth-order valence-electron chi connectivity index (χ4n) is 1.92. The van der Waals surface area contributed by atoms with Crippen LogP contribution in [0.3, 0.4) is 0 Å². The molecule has 0 bridgehead atoms. The molecule has 1 unspecified atom stereocenters. The number of amides is 1. The van der Waals surface area contributed by atoms with E-state index in [0.29, 0.717) is 10.6 Å². The molecule has 1 amide bonds. The van der Waals surface area contributed by atoms with Crippen LogP contribution in [0, 0.1) is 5.92 Å². The molecule has 4 nitrogen and oxygen atoms in total. The molecule has 20 heavy (non-hydrogen) atoms. The zero-order valence-electron chi connectivity index (χ0n) is 12.2. The number of rotatable bonds is 5. The monoisotopic (exact) mass is 297 g/mol. The second-order valence-corrected chi connectivity index (χ2v) is 5.72. The molecule has 0 heterocycles. The Morgan fingerprint density at radius 2 is 1.90 bits per heavy atom. The van der Waals surface area contributed by atoms with Crippen molar-refractivity contribution in [1.29, 1.82) is 0 Å². The normalized spacial score (nSPS) is 12.3. The quantitative estimate of drug-likeness (QED) is 0.907. The predicted octanol–water partition coefficient (Wildman–Crippen LogP) is 3.26. The molecule has 1 aromatic carbocycles. The second-order valence-electron chi connectivity index (χ2n) is 5.32. The first kappa shape index (κ1) is 16.5. The van der Waals surface area contributed by atoms with E-state index in [1.165, 1.54) is 4.90 Å². The number of hydrogen-bond donors (Lipinski definition) is 1. The predicted molar refractivity (Wildman–Crippen MR) is 79.3 cm³/mol. The molecule has 0 saturated carbocycles. The first-order valence-corrected chi connectivity index (χ1v) is 6.89. The molecule has 5 heteroatoms. The molecule has 0 aromatic heterocycles. The van der Waals surface area contributed by atoms with Crippen LogP contribution >= 0.6 is 11.6 Å². The molecular weight excluding hydrogens is 278 g/mol. The third-order valence-corrected chi connectivity index (χ3v) is 3.51. The summed E-state index contributed by atoms with van der Waals surface area (Å²) in [5.74, 6) is -1.46. The van der Waals surface area contributed by atoms with Crippen LogP contribution < -0.4 is 0 Å². The van der Waals surface area contributed by atoms with Crippen LogP contribution in [0.25, 0.3) is 0 Å². The van der Waals surface area contributed by atoms with Gasteiger partial charge < -0.3 is 10.0 Å². The third-order valence-electron chi connectivity index (χ3n) is 3.19. The van der Waals surface area contributed by atoms with Crippen molar-refractivity contribution in [1.82, 2.24) is 4.90 Å². The Morgan fingerprint density at radius 3 is 2.35 bits per heavy atom. The van der Waals surface area contributed by atoms with Crippen LogP contribution in [0.4, 0.5) is 0 Å². The van der Waals surface area contributed by atoms with E-state index in [2.05, 4.69) is 0 Å².